The van der Waals surface area contributed by atoms with Crippen LogP contribution in [0.1, 0.15) is 11.1 Å². The van der Waals surface area contributed by atoms with E-state index in [9.17, 15) is 13.2 Å². The molecule has 4 heteroatoms. The minimum atomic E-state index is -4.44. The molecule has 0 spiro atoms. The largest absolute Gasteiger partial charge is 0.457 e. The molecular weight excluding hydrogens is 305 g/mol. The number of rotatable bonds is 3. The van der Waals surface area contributed by atoms with E-state index in [4.69, 9.17) is 0 Å². The van der Waals surface area contributed by atoms with Gasteiger partial charge in [-0.25, -0.2) is 0 Å². The molecule has 2 aromatic carbocycles. The second-order valence-corrected chi connectivity index (χ2v) is 5.69. The summed E-state index contributed by atoms with van der Waals surface area (Å²) in [5, 5.41) is 0. The van der Waals surface area contributed by atoms with Crippen molar-refractivity contribution >= 4 is 11.8 Å². The van der Waals surface area contributed by atoms with Crippen molar-refractivity contribution in [3.63, 3.8) is 0 Å². The molecule has 0 radical (unpaired) electrons. The predicted molar refractivity (Wildman–Crippen MR) is 85.9 cm³/mol. The van der Waals surface area contributed by atoms with Gasteiger partial charge in [-0.15, -0.1) is 11.8 Å². The third-order valence-electron chi connectivity index (χ3n) is 3.17. The SMILES string of the molecule is CSc1ccccc1-c1cc(C)ccc1CC#CC(F)(F)F. The molecule has 0 heterocycles. The maximum absolute atomic E-state index is 12.2. The Labute approximate surface area is 132 Å². The Morgan fingerprint density at radius 2 is 1.77 bits per heavy atom. The monoisotopic (exact) mass is 320 g/mol. The third-order valence-corrected chi connectivity index (χ3v) is 3.97. The van der Waals surface area contributed by atoms with Gasteiger partial charge >= 0.3 is 6.18 Å². The molecule has 0 unspecified atom stereocenters. The predicted octanol–water partition coefficient (Wildman–Crippen LogP) is 5.49. The zero-order chi connectivity index (χ0) is 16.2. The maximum Gasteiger partial charge on any atom is 0.457 e. The van der Waals surface area contributed by atoms with Crippen LogP contribution in [0.3, 0.4) is 0 Å². The summed E-state index contributed by atoms with van der Waals surface area (Å²) in [5.41, 5.74) is 3.85. The molecule has 114 valence electrons. The van der Waals surface area contributed by atoms with E-state index in [1.807, 2.05) is 55.6 Å². The minimum absolute atomic E-state index is 0.0812. The van der Waals surface area contributed by atoms with Gasteiger partial charge < -0.3 is 0 Å². The second kappa shape index (κ2) is 6.93. The average molecular weight is 320 g/mol. The number of benzene rings is 2. The Hall–Kier alpha value is -1.86. The van der Waals surface area contributed by atoms with Crippen molar-refractivity contribution in [2.75, 3.05) is 6.26 Å². The van der Waals surface area contributed by atoms with Crippen LogP contribution in [0.15, 0.2) is 47.4 Å². The van der Waals surface area contributed by atoms with Gasteiger partial charge in [0.25, 0.3) is 0 Å². The summed E-state index contributed by atoms with van der Waals surface area (Å²) in [4.78, 5) is 1.10. The Kier molecular flexibility index (Phi) is 5.20. The van der Waals surface area contributed by atoms with Gasteiger partial charge in [-0.3, -0.25) is 0 Å². The summed E-state index contributed by atoms with van der Waals surface area (Å²) in [6.07, 6.45) is -2.38. The second-order valence-electron chi connectivity index (χ2n) is 4.84. The highest BCUT2D eigenvalue weighted by atomic mass is 32.2. The molecule has 0 saturated heterocycles. The molecule has 22 heavy (non-hydrogen) atoms. The van der Waals surface area contributed by atoms with Crippen LogP contribution >= 0.6 is 11.8 Å². The Morgan fingerprint density at radius 3 is 2.45 bits per heavy atom. The van der Waals surface area contributed by atoms with E-state index in [-0.39, 0.29) is 6.42 Å². The van der Waals surface area contributed by atoms with Crippen LogP contribution in [-0.2, 0) is 6.42 Å². The summed E-state index contributed by atoms with van der Waals surface area (Å²) in [6, 6.07) is 13.6. The summed E-state index contributed by atoms with van der Waals surface area (Å²) < 4.78 is 36.6. The lowest BCUT2D eigenvalue weighted by Crippen LogP contribution is -2.02. The van der Waals surface area contributed by atoms with Crippen molar-refractivity contribution in [1.82, 2.24) is 0 Å². The van der Waals surface area contributed by atoms with Gasteiger partial charge in [0.15, 0.2) is 0 Å². The highest BCUT2D eigenvalue weighted by Crippen LogP contribution is 2.33. The first kappa shape index (κ1) is 16.5. The molecule has 0 N–H and O–H groups in total. The summed E-state index contributed by atoms with van der Waals surface area (Å²) in [6.45, 7) is 1.97. The van der Waals surface area contributed by atoms with E-state index in [0.717, 1.165) is 27.1 Å². The van der Waals surface area contributed by atoms with E-state index in [2.05, 4.69) is 5.92 Å². The van der Waals surface area contributed by atoms with E-state index in [1.165, 1.54) is 5.92 Å². The highest BCUT2D eigenvalue weighted by Gasteiger charge is 2.22. The van der Waals surface area contributed by atoms with Gasteiger partial charge in [0.2, 0.25) is 0 Å². The zero-order valence-electron chi connectivity index (χ0n) is 12.3. The number of alkyl halides is 3. The number of halogens is 3. The number of thioether (sulfide) groups is 1. The maximum atomic E-state index is 12.2. The average Bonchev–Trinajstić information content (AvgIpc) is 2.47. The molecular formula is C18H15F3S. The molecule has 0 aliphatic carbocycles. The first-order valence-electron chi connectivity index (χ1n) is 6.70. The van der Waals surface area contributed by atoms with Gasteiger partial charge in [0, 0.05) is 17.2 Å². The van der Waals surface area contributed by atoms with Gasteiger partial charge in [-0.1, -0.05) is 47.9 Å². The molecule has 0 aliphatic rings. The van der Waals surface area contributed by atoms with Crippen LogP contribution in [0.2, 0.25) is 0 Å². The Morgan fingerprint density at radius 1 is 1.05 bits per heavy atom. The fraction of sp³-hybridized carbons (Fsp3) is 0.222. The molecule has 0 bridgehead atoms. The van der Waals surface area contributed by atoms with Crippen molar-refractivity contribution < 1.29 is 13.2 Å². The smallest absolute Gasteiger partial charge is 0.159 e. The van der Waals surface area contributed by atoms with E-state index < -0.39 is 6.18 Å². The third kappa shape index (κ3) is 4.32. The minimum Gasteiger partial charge on any atom is -0.159 e. The van der Waals surface area contributed by atoms with Crippen LogP contribution in [0.4, 0.5) is 13.2 Å². The summed E-state index contributed by atoms with van der Waals surface area (Å²) >= 11 is 1.62. The van der Waals surface area contributed by atoms with E-state index in [0.29, 0.717) is 0 Å². The van der Waals surface area contributed by atoms with Crippen LogP contribution < -0.4 is 0 Å². The Balaban J connectivity index is 2.46. The standard InChI is InChI=1S/C18H15F3S/c1-13-9-10-14(6-5-11-18(19,20)21)16(12-13)15-7-3-4-8-17(15)22-2/h3-4,7-10,12H,6H2,1-2H3. The molecule has 0 aliphatic heterocycles. The van der Waals surface area contributed by atoms with Gasteiger partial charge in [-0.05, 0) is 35.9 Å². The van der Waals surface area contributed by atoms with Crippen molar-refractivity contribution in [1.29, 1.82) is 0 Å². The molecule has 0 amide bonds. The lowest BCUT2D eigenvalue weighted by atomic mass is 9.96. The van der Waals surface area contributed by atoms with E-state index >= 15 is 0 Å². The topological polar surface area (TPSA) is 0 Å². The van der Waals surface area contributed by atoms with E-state index in [1.54, 1.807) is 11.8 Å². The van der Waals surface area contributed by atoms with Crippen molar-refractivity contribution in [2.24, 2.45) is 0 Å². The normalized spacial score (nSPS) is 11.0. The molecule has 2 rings (SSSR count). The van der Waals surface area contributed by atoms with Crippen LogP contribution in [0.5, 0.6) is 0 Å². The summed E-state index contributed by atoms with van der Waals surface area (Å²) in [7, 11) is 0. The first-order valence-corrected chi connectivity index (χ1v) is 7.93. The lowest BCUT2D eigenvalue weighted by Gasteiger charge is -2.12. The molecule has 0 atom stereocenters. The number of hydrogen-bond acceptors (Lipinski definition) is 1. The Bertz CT molecular complexity index is 721. The van der Waals surface area contributed by atoms with Crippen molar-refractivity contribution in [2.45, 2.75) is 24.4 Å². The van der Waals surface area contributed by atoms with Crippen LogP contribution in [0, 0.1) is 18.8 Å². The quantitative estimate of drug-likeness (QED) is 0.532. The van der Waals surface area contributed by atoms with Gasteiger partial charge in [-0.2, -0.15) is 13.2 Å². The fourth-order valence-corrected chi connectivity index (χ4v) is 2.81. The number of aryl methyl sites for hydroxylation is 1. The molecule has 2 aromatic rings. The van der Waals surface area contributed by atoms with Gasteiger partial charge in [0.05, 0.1) is 0 Å². The van der Waals surface area contributed by atoms with Gasteiger partial charge in [0.1, 0.15) is 0 Å². The van der Waals surface area contributed by atoms with Crippen molar-refractivity contribution in [3.8, 4) is 23.0 Å². The number of hydrogen-bond donors (Lipinski definition) is 0. The first-order chi connectivity index (χ1) is 10.4. The van der Waals surface area contributed by atoms with Crippen molar-refractivity contribution in [3.05, 3.63) is 53.6 Å². The molecule has 0 aromatic heterocycles. The molecule has 0 fully saturated rings. The summed E-state index contributed by atoms with van der Waals surface area (Å²) in [5.74, 6) is 3.56. The molecule has 0 nitrogen and oxygen atoms in total. The van der Waals surface area contributed by atoms with Crippen LogP contribution in [0.25, 0.3) is 11.1 Å². The van der Waals surface area contributed by atoms with Crippen LogP contribution in [-0.4, -0.2) is 12.4 Å². The molecule has 0 saturated carbocycles. The zero-order valence-corrected chi connectivity index (χ0v) is 13.1. The lowest BCUT2D eigenvalue weighted by molar-refractivity contribution is -0.0697. The fourth-order valence-electron chi connectivity index (χ4n) is 2.20. The highest BCUT2D eigenvalue weighted by molar-refractivity contribution is 7.98.